The minimum atomic E-state index is 0.353. The van der Waals surface area contributed by atoms with Crippen LogP contribution >= 0.6 is 11.8 Å². The molecular weight excluding hydrogens is 226 g/mol. The van der Waals surface area contributed by atoms with Crippen molar-refractivity contribution in [1.82, 2.24) is 0 Å². The van der Waals surface area contributed by atoms with Gasteiger partial charge in [0, 0.05) is 4.90 Å². The lowest BCUT2D eigenvalue weighted by atomic mass is 10.1. The topological polar surface area (TPSA) is 12.0 Å². The Balaban J connectivity index is 1.98. The number of thioether (sulfide) groups is 1. The number of anilines is 1. The van der Waals surface area contributed by atoms with E-state index in [1.807, 2.05) is 11.8 Å². The second-order valence-corrected chi connectivity index (χ2v) is 5.57. The third-order valence-electron chi connectivity index (χ3n) is 3.18. The molecule has 1 atom stereocenters. The van der Waals surface area contributed by atoms with Gasteiger partial charge in [-0.25, -0.2) is 0 Å². The normalized spacial score (nSPS) is 17.6. The van der Waals surface area contributed by atoms with Gasteiger partial charge in [0.25, 0.3) is 0 Å². The van der Waals surface area contributed by atoms with Crippen molar-refractivity contribution in [2.75, 3.05) is 5.32 Å². The van der Waals surface area contributed by atoms with Crippen molar-refractivity contribution < 1.29 is 0 Å². The molecule has 2 aromatic carbocycles. The summed E-state index contributed by atoms with van der Waals surface area (Å²) in [7, 11) is 0. The van der Waals surface area contributed by atoms with Gasteiger partial charge < -0.3 is 5.32 Å². The minimum absolute atomic E-state index is 0.353. The molecule has 1 aliphatic heterocycles. The van der Waals surface area contributed by atoms with E-state index < -0.39 is 0 Å². The fourth-order valence-electron chi connectivity index (χ4n) is 2.17. The average molecular weight is 241 g/mol. The maximum atomic E-state index is 3.62. The molecular formula is C15H15NS. The molecule has 3 rings (SSSR count). The quantitative estimate of drug-likeness (QED) is 0.787. The summed E-state index contributed by atoms with van der Waals surface area (Å²) < 4.78 is 0. The fourth-order valence-corrected chi connectivity index (χ4v) is 3.47. The zero-order valence-electron chi connectivity index (χ0n) is 10.0. The van der Waals surface area contributed by atoms with Crippen LogP contribution in [0.15, 0.2) is 47.4 Å². The van der Waals surface area contributed by atoms with E-state index in [1.54, 1.807) is 0 Å². The standard InChI is InChI=1S/C15H15NS/c1-10-8-9-11(2)14-13(10)16-15(17-14)12-6-4-3-5-7-12/h3-9,15-16H,1-2H3. The molecule has 0 amide bonds. The van der Waals surface area contributed by atoms with Crippen molar-refractivity contribution in [2.24, 2.45) is 0 Å². The van der Waals surface area contributed by atoms with Gasteiger partial charge in [-0.1, -0.05) is 54.2 Å². The van der Waals surface area contributed by atoms with Gasteiger partial charge in [0.15, 0.2) is 0 Å². The Kier molecular flexibility index (Phi) is 2.60. The lowest BCUT2D eigenvalue weighted by Gasteiger charge is -2.10. The van der Waals surface area contributed by atoms with Crippen molar-refractivity contribution >= 4 is 17.4 Å². The van der Waals surface area contributed by atoms with Gasteiger partial charge in [-0.15, -0.1) is 0 Å². The van der Waals surface area contributed by atoms with Crippen LogP contribution in [0.3, 0.4) is 0 Å². The first-order valence-corrected chi connectivity index (χ1v) is 6.72. The third kappa shape index (κ3) is 1.83. The number of fused-ring (bicyclic) bond motifs is 1. The lowest BCUT2D eigenvalue weighted by molar-refractivity contribution is 1.12. The third-order valence-corrected chi connectivity index (χ3v) is 4.56. The summed E-state index contributed by atoms with van der Waals surface area (Å²) >= 11 is 1.92. The SMILES string of the molecule is Cc1ccc(C)c2c1NC(c1ccccc1)S2. The molecule has 1 heterocycles. The molecule has 0 bridgehead atoms. The van der Waals surface area contributed by atoms with Crippen LogP contribution in [0.1, 0.15) is 22.1 Å². The number of aryl methyl sites for hydroxylation is 2. The molecule has 0 saturated carbocycles. The van der Waals surface area contributed by atoms with Crippen LogP contribution in [0.25, 0.3) is 0 Å². The van der Waals surface area contributed by atoms with Crippen LogP contribution < -0.4 is 5.32 Å². The molecule has 0 fully saturated rings. The highest BCUT2D eigenvalue weighted by molar-refractivity contribution is 8.00. The van der Waals surface area contributed by atoms with E-state index in [9.17, 15) is 0 Å². The summed E-state index contributed by atoms with van der Waals surface area (Å²) in [5.41, 5.74) is 5.34. The van der Waals surface area contributed by atoms with Crippen LogP contribution in [0, 0.1) is 13.8 Å². The molecule has 1 unspecified atom stereocenters. The maximum Gasteiger partial charge on any atom is 0.103 e. The molecule has 1 N–H and O–H groups in total. The highest BCUT2D eigenvalue weighted by Crippen LogP contribution is 2.49. The highest BCUT2D eigenvalue weighted by Gasteiger charge is 2.25. The van der Waals surface area contributed by atoms with Crippen LogP contribution in [-0.2, 0) is 0 Å². The first kappa shape index (κ1) is 10.7. The van der Waals surface area contributed by atoms with Crippen molar-refractivity contribution in [2.45, 2.75) is 24.1 Å². The van der Waals surface area contributed by atoms with Crippen LogP contribution in [0.4, 0.5) is 5.69 Å². The first-order valence-electron chi connectivity index (χ1n) is 5.84. The minimum Gasteiger partial charge on any atom is -0.368 e. The van der Waals surface area contributed by atoms with Crippen molar-refractivity contribution in [3.63, 3.8) is 0 Å². The zero-order chi connectivity index (χ0) is 11.8. The number of hydrogen-bond donors (Lipinski definition) is 1. The van der Waals surface area contributed by atoms with Crippen LogP contribution in [0.2, 0.25) is 0 Å². The van der Waals surface area contributed by atoms with Crippen molar-refractivity contribution in [3.8, 4) is 0 Å². The number of benzene rings is 2. The molecule has 0 aromatic heterocycles. The number of rotatable bonds is 1. The summed E-state index contributed by atoms with van der Waals surface area (Å²) in [5, 5.41) is 3.98. The summed E-state index contributed by atoms with van der Waals surface area (Å²) in [5.74, 6) is 0. The van der Waals surface area contributed by atoms with Gasteiger partial charge in [0.1, 0.15) is 5.37 Å². The summed E-state index contributed by atoms with van der Waals surface area (Å²) in [6.45, 7) is 4.35. The van der Waals surface area contributed by atoms with E-state index in [1.165, 1.54) is 27.3 Å². The van der Waals surface area contributed by atoms with E-state index in [2.05, 4.69) is 61.6 Å². The zero-order valence-corrected chi connectivity index (χ0v) is 10.8. The molecule has 86 valence electrons. The van der Waals surface area contributed by atoms with E-state index >= 15 is 0 Å². The van der Waals surface area contributed by atoms with Crippen molar-refractivity contribution in [1.29, 1.82) is 0 Å². The molecule has 2 aromatic rings. The van der Waals surface area contributed by atoms with Crippen LogP contribution in [-0.4, -0.2) is 0 Å². The largest absolute Gasteiger partial charge is 0.368 e. The molecule has 1 aliphatic rings. The monoisotopic (exact) mass is 241 g/mol. The van der Waals surface area contributed by atoms with E-state index in [0.29, 0.717) is 5.37 Å². The van der Waals surface area contributed by atoms with Gasteiger partial charge in [-0.3, -0.25) is 0 Å². The Hall–Kier alpha value is -1.41. The summed E-state index contributed by atoms with van der Waals surface area (Å²) in [6, 6.07) is 15.0. The van der Waals surface area contributed by atoms with Gasteiger partial charge in [0.05, 0.1) is 5.69 Å². The van der Waals surface area contributed by atoms with Crippen LogP contribution in [0.5, 0.6) is 0 Å². The smallest absolute Gasteiger partial charge is 0.103 e. The van der Waals surface area contributed by atoms with E-state index in [0.717, 1.165) is 0 Å². The maximum absolute atomic E-state index is 3.62. The summed E-state index contributed by atoms with van der Waals surface area (Å²) in [4.78, 5) is 1.40. The molecule has 0 radical (unpaired) electrons. The molecule has 0 spiro atoms. The fraction of sp³-hybridized carbons (Fsp3) is 0.200. The molecule has 2 heteroatoms. The highest BCUT2D eigenvalue weighted by atomic mass is 32.2. The lowest BCUT2D eigenvalue weighted by Crippen LogP contribution is -2.01. The number of hydrogen-bond acceptors (Lipinski definition) is 2. The molecule has 0 aliphatic carbocycles. The Bertz CT molecular complexity index is 517. The van der Waals surface area contributed by atoms with E-state index in [-0.39, 0.29) is 0 Å². The molecule has 1 nitrogen and oxygen atoms in total. The second kappa shape index (κ2) is 4.11. The second-order valence-electron chi connectivity index (χ2n) is 4.46. The van der Waals surface area contributed by atoms with Gasteiger partial charge >= 0.3 is 0 Å². The van der Waals surface area contributed by atoms with Crippen molar-refractivity contribution in [3.05, 3.63) is 59.2 Å². The van der Waals surface area contributed by atoms with Gasteiger partial charge in [-0.05, 0) is 30.5 Å². The van der Waals surface area contributed by atoms with Gasteiger partial charge in [0.2, 0.25) is 0 Å². The average Bonchev–Trinajstić information content (AvgIpc) is 2.81. The summed E-state index contributed by atoms with van der Waals surface area (Å²) in [6.07, 6.45) is 0. The Morgan fingerprint density at radius 3 is 2.35 bits per heavy atom. The predicted molar refractivity (Wildman–Crippen MR) is 74.6 cm³/mol. The Morgan fingerprint density at radius 1 is 0.941 bits per heavy atom. The predicted octanol–water partition coefficient (Wildman–Crippen LogP) is 4.52. The Labute approximate surface area is 106 Å². The Morgan fingerprint density at radius 2 is 1.65 bits per heavy atom. The van der Waals surface area contributed by atoms with Gasteiger partial charge in [-0.2, -0.15) is 0 Å². The van der Waals surface area contributed by atoms with E-state index in [4.69, 9.17) is 0 Å². The first-order chi connectivity index (χ1) is 8.25. The molecule has 17 heavy (non-hydrogen) atoms. The molecule has 0 saturated heterocycles. The number of nitrogens with one attached hydrogen (secondary N) is 1.